The van der Waals surface area contributed by atoms with Crippen molar-refractivity contribution in [2.45, 2.75) is 0 Å². The molecular weight excluding hydrogens is 195 g/mol. The Morgan fingerprint density at radius 1 is 1.33 bits per heavy atom. The third-order valence-electron chi connectivity index (χ3n) is 2.60. The maximum Gasteiger partial charge on any atom is 0.169 e. The van der Waals surface area contributed by atoms with Gasteiger partial charge in [-0.3, -0.25) is 0 Å². The van der Waals surface area contributed by atoms with Crippen LogP contribution < -0.4 is 10.2 Å². The van der Waals surface area contributed by atoms with Crippen molar-refractivity contribution < 1.29 is 9.13 Å². The molecule has 2 rings (SSSR count). The lowest BCUT2D eigenvalue weighted by atomic mass is 10.2. The number of morpholine rings is 1. The van der Waals surface area contributed by atoms with Crippen LogP contribution in [-0.2, 0) is 4.74 Å². The zero-order chi connectivity index (χ0) is 10.7. The minimum atomic E-state index is -0.179. The summed E-state index contributed by atoms with van der Waals surface area (Å²) < 4.78 is 19.2. The Hall–Kier alpha value is -1.29. The minimum Gasteiger partial charge on any atom is -0.386 e. The van der Waals surface area contributed by atoms with Gasteiger partial charge < -0.3 is 15.0 Å². The van der Waals surface area contributed by atoms with Crippen LogP contribution in [0, 0.1) is 5.82 Å². The summed E-state index contributed by atoms with van der Waals surface area (Å²) in [5.74, 6) is -0.179. The molecule has 1 aromatic carbocycles. The van der Waals surface area contributed by atoms with Crippen LogP contribution in [0.1, 0.15) is 0 Å². The number of benzene rings is 1. The number of ether oxygens (including phenoxy) is 1. The normalized spacial score (nSPS) is 16.5. The van der Waals surface area contributed by atoms with Gasteiger partial charge in [-0.25, -0.2) is 4.39 Å². The zero-order valence-electron chi connectivity index (χ0n) is 8.79. The van der Waals surface area contributed by atoms with Crippen molar-refractivity contribution in [3.05, 3.63) is 24.0 Å². The molecule has 82 valence electrons. The Morgan fingerprint density at radius 3 is 2.73 bits per heavy atom. The van der Waals surface area contributed by atoms with Crippen molar-refractivity contribution in [1.29, 1.82) is 0 Å². The Morgan fingerprint density at radius 2 is 2.07 bits per heavy atom. The largest absolute Gasteiger partial charge is 0.386 e. The average Bonchev–Trinajstić information content (AvgIpc) is 2.30. The van der Waals surface area contributed by atoms with Crippen LogP contribution in [0.25, 0.3) is 0 Å². The van der Waals surface area contributed by atoms with Crippen molar-refractivity contribution in [1.82, 2.24) is 0 Å². The van der Waals surface area contributed by atoms with E-state index in [9.17, 15) is 4.39 Å². The molecule has 0 atom stereocenters. The van der Waals surface area contributed by atoms with E-state index in [1.807, 2.05) is 17.0 Å². The third-order valence-corrected chi connectivity index (χ3v) is 2.60. The molecule has 3 nitrogen and oxygen atoms in total. The van der Waals surface area contributed by atoms with Gasteiger partial charge in [-0.1, -0.05) is 6.07 Å². The fraction of sp³-hybridized carbons (Fsp3) is 0.455. The van der Waals surface area contributed by atoms with Crippen molar-refractivity contribution >= 4 is 11.4 Å². The second kappa shape index (κ2) is 4.49. The lowest BCUT2D eigenvalue weighted by molar-refractivity contribution is 0.122. The standard InChI is InChI=1S/C11H15FN2O/c1-13-9-3-2-4-10(11(9)12)14-5-7-15-8-6-14/h2-4,13H,5-8H2,1H3. The molecular formula is C11H15FN2O. The maximum atomic E-state index is 13.9. The molecule has 0 aliphatic carbocycles. The zero-order valence-corrected chi connectivity index (χ0v) is 8.79. The number of hydrogen-bond acceptors (Lipinski definition) is 3. The van der Waals surface area contributed by atoms with Crippen LogP contribution in [0.3, 0.4) is 0 Å². The summed E-state index contributed by atoms with van der Waals surface area (Å²) in [7, 11) is 1.72. The lowest BCUT2D eigenvalue weighted by Crippen LogP contribution is -2.36. The van der Waals surface area contributed by atoms with E-state index >= 15 is 0 Å². The van der Waals surface area contributed by atoms with Gasteiger partial charge in [-0.15, -0.1) is 0 Å². The number of nitrogens with zero attached hydrogens (tertiary/aromatic N) is 1. The van der Waals surface area contributed by atoms with Crippen LogP contribution >= 0.6 is 0 Å². The maximum absolute atomic E-state index is 13.9. The monoisotopic (exact) mass is 210 g/mol. The molecule has 1 saturated heterocycles. The molecule has 0 aromatic heterocycles. The summed E-state index contributed by atoms with van der Waals surface area (Å²) in [5, 5.41) is 2.84. The Kier molecular flexibility index (Phi) is 3.06. The molecule has 1 heterocycles. The molecule has 0 bridgehead atoms. The average molecular weight is 210 g/mol. The summed E-state index contributed by atoms with van der Waals surface area (Å²) in [6.45, 7) is 2.85. The number of nitrogens with one attached hydrogen (secondary N) is 1. The summed E-state index contributed by atoms with van der Waals surface area (Å²) in [4.78, 5) is 2.01. The smallest absolute Gasteiger partial charge is 0.169 e. The second-order valence-electron chi connectivity index (χ2n) is 3.49. The molecule has 0 amide bonds. The molecule has 1 aliphatic heterocycles. The molecule has 0 radical (unpaired) electrons. The van der Waals surface area contributed by atoms with Crippen molar-refractivity contribution in [2.24, 2.45) is 0 Å². The van der Waals surface area contributed by atoms with E-state index in [4.69, 9.17) is 4.74 Å². The Balaban J connectivity index is 2.26. The first kappa shape index (κ1) is 10.2. The van der Waals surface area contributed by atoms with Crippen LogP contribution in [0.2, 0.25) is 0 Å². The van der Waals surface area contributed by atoms with Gasteiger partial charge in [0.1, 0.15) is 0 Å². The second-order valence-corrected chi connectivity index (χ2v) is 3.49. The molecule has 1 N–H and O–H groups in total. The number of halogens is 1. The summed E-state index contributed by atoms with van der Waals surface area (Å²) in [5.41, 5.74) is 1.20. The molecule has 1 aliphatic rings. The van der Waals surface area contributed by atoms with E-state index in [-0.39, 0.29) is 5.82 Å². The quantitative estimate of drug-likeness (QED) is 0.804. The first-order valence-electron chi connectivity index (χ1n) is 5.12. The lowest BCUT2D eigenvalue weighted by Gasteiger charge is -2.29. The van der Waals surface area contributed by atoms with Crippen molar-refractivity contribution in [2.75, 3.05) is 43.6 Å². The highest BCUT2D eigenvalue weighted by molar-refractivity contribution is 5.59. The molecule has 1 aromatic rings. The van der Waals surface area contributed by atoms with Gasteiger partial charge in [0.05, 0.1) is 24.6 Å². The van der Waals surface area contributed by atoms with Gasteiger partial charge in [-0.05, 0) is 12.1 Å². The number of anilines is 2. The summed E-state index contributed by atoms with van der Waals surface area (Å²) >= 11 is 0. The molecule has 0 saturated carbocycles. The van der Waals surface area contributed by atoms with Gasteiger partial charge >= 0.3 is 0 Å². The predicted octanol–water partition coefficient (Wildman–Crippen LogP) is 1.70. The van der Waals surface area contributed by atoms with E-state index in [0.29, 0.717) is 24.6 Å². The van der Waals surface area contributed by atoms with Crippen molar-refractivity contribution in [3.63, 3.8) is 0 Å². The van der Waals surface area contributed by atoms with Crippen LogP contribution in [-0.4, -0.2) is 33.4 Å². The van der Waals surface area contributed by atoms with E-state index in [1.165, 1.54) is 0 Å². The summed E-state index contributed by atoms with van der Waals surface area (Å²) in [6.07, 6.45) is 0. The van der Waals surface area contributed by atoms with Gasteiger partial charge in [0.15, 0.2) is 5.82 Å². The fourth-order valence-electron chi connectivity index (χ4n) is 1.76. The van der Waals surface area contributed by atoms with Crippen LogP contribution in [0.5, 0.6) is 0 Å². The first-order chi connectivity index (χ1) is 7.33. The van der Waals surface area contributed by atoms with Gasteiger partial charge in [-0.2, -0.15) is 0 Å². The fourth-order valence-corrected chi connectivity index (χ4v) is 1.76. The first-order valence-corrected chi connectivity index (χ1v) is 5.12. The number of hydrogen-bond donors (Lipinski definition) is 1. The van der Waals surface area contributed by atoms with E-state index in [0.717, 1.165) is 13.1 Å². The highest BCUT2D eigenvalue weighted by Gasteiger charge is 2.16. The highest BCUT2D eigenvalue weighted by Crippen LogP contribution is 2.25. The Bertz CT molecular complexity index is 337. The molecule has 0 spiro atoms. The van der Waals surface area contributed by atoms with Crippen molar-refractivity contribution in [3.8, 4) is 0 Å². The third kappa shape index (κ3) is 2.04. The number of rotatable bonds is 2. The summed E-state index contributed by atoms with van der Waals surface area (Å²) in [6, 6.07) is 5.40. The van der Waals surface area contributed by atoms with Gasteiger partial charge in [0.2, 0.25) is 0 Å². The molecule has 15 heavy (non-hydrogen) atoms. The molecule has 1 fully saturated rings. The molecule has 4 heteroatoms. The topological polar surface area (TPSA) is 24.5 Å². The van der Waals surface area contributed by atoms with E-state index < -0.39 is 0 Å². The van der Waals surface area contributed by atoms with E-state index in [1.54, 1.807) is 13.1 Å². The minimum absolute atomic E-state index is 0.179. The van der Waals surface area contributed by atoms with Crippen LogP contribution in [0.4, 0.5) is 15.8 Å². The molecule has 0 unspecified atom stereocenters. The van der Waals surface area contributed by atoms with Gasteiger partial charge in [0, 0.05) is 20.1 Å². The van der Waals surface area contributed by atoms with E-state index in [2.05, 4.69) is 5.32 Å². The SMILES string of the molecule is CNc1cccc(N2CCOCC2)c1F. The van der Waals surface area contributed by atoms with Gasteiger partial charge in [0.25, 0.3) is 0 Å². The van der Waals surface area contributed by atoms with Crippen LogP contribution in [0.15, 0.2) is 18.2 Å². The Labute approximate surface area is 88.8 Å². The predicted molar refractivity (Wildman–Crippen MR) is 59.0 cm³/mol. The highest BCUT2D eigenvalue weighted by atomic mass is 19.1.